The Balaban J connectivity index is 1.58. The van der Waals surface area contributed by atoms with E-state index in [2.05, 4.69) is 25.3 Å². The lowest BCUT2D eigenvalue weighted by atomic mass is 10.2. The second kappa shape index (κ2) is 9.05. The van der Waals surface area contributed by atoms with Gasteiger partial charge in [-0.3, -0.25) is 9.80 Å². The number of hydrogen-bond acceptors (Lipinski definition) is 8. The minimum absolute atomic E-state index is 0.0666. The molecule has 3 heterocycles. The minimum Gasteiger partial charge on any atom is -0.348 e. The molecule has 168 valence electrons. The number of pyridine rings is 1. The van der Waals surface area contributed by atoms with Crippen LogP contribution in [0.5, 0.6) is 0 Å². The molecule has 0 unspecified atom stereocenters. The van der Waals surface area contributed by atoms with Gasteiger partial charge >= 0.3 is 0 Å². The maximum absolute atomic E-state index is 14.7. The number of aromatic nitrogens is 2. The number of thiazole rings is 1. The van der Waals surface area contributed by atoms with Crippen LogP contribution in [-0.4, -0.2) is 45.9 Å². The summed E-state index contributed by atoms with van der Waals surface area (Å²) >= 11 is 1.46. The lowest BCUT2D eigenvalue weighted by Crippen LogP contribution is -2.44. The molecule has 0 radical (unpaired) electrons. The van der Waals surface area contributed by atoms with Crippen LogP contribution in [0.3, 0.4) is 0 Å². The number of fused-ring (bicyclic) bond motifs is 1. The Morgan fingerprint density at radius 1 is 1.28 bits per heavy atom. The van der Waals surface area contributed by atoms with Crippen LogP contribution < -0.4 is 21.9 Å². The summed E-state index contributed by atoms with van der Waals surface area (Å²) in [6, 6.07) is 7.73. The second-order valence-corrected chi connectivity index (χ2v) is 8.82. The lowest BCUT2D eigenvalue weighted by Gasteiger charge is -2.23. The van der Waals surface area contributed by atoms with E-state index in [9.17, 15) is 9.18 Å². The van der Waals surface area contributed by atoms with Crippen LogP contribution in [0.15, 0.2) is 35.4 Å². The van der Waals surface area contributed by atoms with Crippen LogP contribution in [-0.2, 0) is 0 Å². The number of hydrazine groups is 1. The molecular formula is C21H25FN8OS. The van der Waals surface area contributed by atoms with E-state index in [0.29, 0.717) is 11.2 Å². The number of rotatable bonds is 5. The highest BCUT2D eigenvalue weighted by atomic mass is 32.1. The third-order valence-corrected chi connectivity index (χ3v) is 6.31. The molecule has 1 fully saturated rings. The average Bonchev–Trinajstić information content (AvgIpc) is 3.43. The summed E-state index contributed by atoms with van der Waals surface area (Å²) in [5.41, 5.74) is 0.860. The van der Waals surface area contributed by atoms with Crippen LogP contribution in [0.2, 0.25) is 0 Å². The van der Waals surface area contributed by atoms with Gasteiger partial charge in [-0.25, -0.2) is 20.2 Å². The van der Waals surface area contributed by atoms with Crippen LogP contribution in [0, 0.1) is 5.82 Å². The van der Waals surface area contributed by atoms with Gasteiger partial charge in [-0.2, -0.15) is 5.10 Å². The van der Waals surface area contributed by atoms with Crippen LogP contribution in [0.1, 0.15) is 42.7 Å². The number of amidine groups is 1. The van der Waals surface area contributed by atoms with Gasteiger partial charge in [0.05, 0.1) is 15.8 Å². The normalized spacial score (nSPS) is 14.4. The summed E-state index contributed by atoms with van der Waals surface area (Å²) in [7, 11) is 0. The number of hydrogen-bond donors (Lipinski definition) is 3. The molecule has 4 rings (SSSR count). The monoisotopic (exact) mass is 456 g/mol. The maximum Gasteiger partial charge on any atom is 0.259 e. The van der Waals surface area contributed by atoms with Gasteiger partial charge in [-0.15, -0.1) is 0 Å². The summed E-state index contributed by atoms with van der Waals surface area (Å²) in [5.74, 6) is 10.7. The van der Waals surface area contributed by atoms with E-state index in [1.165, 1.54) is 28.5 Å². The molecule has 1 amide bonds. The number of nitrogens with one attached hydrogen (secondary N) is 1. The number of benzene rings is 1. The van der Waals surface area contributed by atoms with Crippen molar-refractivity contribution in [3.63, 3.8) is 0 Å². The number of amides is 1. The fraction of sp³-hybridized carbons (Fsp3) is 0.333. The van der Waals surface area contributed by atoms with Gasteiger partial charge in [0.25, 0.3) is 5.91 Å². The van der Waals surface area contributed by atoms with E-state index < -0.39 is 11.7 Å². The SMILES string of the molecule is CC(C)N(N)/C(=N\N)c1cccc(NC(=O)c2cc3sc(N4CCCC4)nc3cc2F)n1. The van der Waals surface area contributed by atoms with E-state index in [-0.39, 0.29) is 23.3 Å². The summed E-state index contributed by atoms with van der Waals surface area (Å²) in [6.07, 6.45) is 2.25. The predicted octanol–water partition coefficient (Wildman–Crippen LogP) is 2.89. The average molecular weight is 457 g/mol. The van der Waals surface area contributed by atoms with Crippen molar-refractivity contribution in [2.45, 2.75) is 32.7 Å². The highest BCUT2D eigenvalue weighted by Gasteiger charge is 2.20. The van der Waals surface area contributed by atoms with Crippen LogP contribution in [0.4, 0.5) is 15.3 Å². The molecule has 0 atom stereocenters. The predicted molar refractivity (Wildman–Crippen MR) is 125 cm³/mol. The first-order chi connectivity index (χ1) is 15.4. The van der Waals surface area contributed by atoms with Gasteiger partial charge in [0.1, 0.15) is 17.3 Å². The van der Waals surface area contributed by atoms with E-state index in [1.54, 1.807) is 18.2 Å². The number of carbonyl (C=O) groups excluding carboxylic acids is 1. The van der Waals surface area contributed by atoms with Crippen molar-refractivity contribution in [3.8, 4) is 0 Å². The van der Waals surface area contributed by atoms with E-state index in [1.807, 2.05) is 13.8 Å². The number of hydrazone groups is 1. The second-order valence-electron chi connectivity index (χ2n) is 7.81. The highest BCUT2D eigenvalue weighted by Crippen LogP contribution is 2.32. The minimum atomic E-state index is -0.637. The highest BCUT2D eigenvalue weighted by molar-refractivity contribution is 7.22. The molecule has 11 heteroatoms. The Bertz CT molecular complexity index is 1170. The number of carbonyl (C=O) groups is 1. The largest absolute Gasteiger partial charge is 0.348 e. The molecule has 0 spiro atoms. The van der Waals surface area contributed by atoms with Gasteiger partial charge < -0.3 is 16.1 Å². The first-order valence-corrected chi connectivity index (χ1v) is 11.1. The van der Waals surface area contributed by atoms with Crippen molar-refractivity contribution >= 4 is 44.2 Å². The number of nitrogens with zero attached hydrogens (tertiary/aromatic N) is 5. The van der Waals surface area contributed by atoms with Gasteiger partial charge in [0.2, 0.25) is 0 Å². The first-order valence-electron chi connectivity index (χ1n) is 10.3. The maximum atomic E-state index is 14.7. The summed E-state index contributed by atoms with van der Waals surface area (Å²) in [5, 5.41) is 8.59. The molecule has 32 heavy (non-hydrogen) atoms. The number of halogens is 1. The Hall–Kier alpha value is -3.31. The third kappa shape index (κ3) is 4.34. The van der Waals surface area contributed by atoms with Gasteiger partial charge in [0, 0.05) is 25.2 Å². The van der Waals surface area contributed by atoms with Gasteiger partial charge in [0.15, 0.2) is 11.0 Å². The molecule has 1 aliphatic heterocycles. The smallest absolute Gasteiger partial charge is 0.259 e. The first kappa shape index (κ1) is 21.9. The molecule has 0 aliphatic carbocycles. The molecule has 9 nitrogen and oxygen atoms in total. The quantitative estimate of drug-likeness (QED) is 0.233. The van der Waals surface area contributed by atoms with Crippen molar-refractivity contribution in [1.29, 1.82) is 0 Å². The summed E-state index contributed by atoms with van der Waals surface area (Å²) < 4.78 is 15.5. The molecular weight excluding hydrogens is 431 g/mol. The topological polar surface area (TPSA) is 126 Å². The zero-order valence-electron chi connectivity index (χ0n) is 17.9. The summed E-state index contributed by atoms with van der Waals surface area (Å²) in [4.78, 5) is 23.9. The molecule has 2 aromatic heterocycles. The Labute approximate surface area is 188 Å². The fourth-order valence-corrected chi connectivity index (χ4v) is 4.51. The summed E-state index contributed by atoms with van der Waals surface area (Å²) in [6.45, 7) is 5.65. The van der Waals surface area contributed by atoms with Gasteiger partial charge in [-0.1, -0.05) is 17.4 Å². The molecule has 1 aromatic carbocycles. The fourth-order valence-electron chi connectivity index (χ4n) is 3.48. The van der Waals surface area contributed by atoms with Crippen molar-refractivity contribution in [2.24, 2.45) is 16.8 Å². The molecule has 3 aromatic rings. The Morgan fingerprint density at radius 3 is 2.72 bits per heavy atom. The van der Waals surface area contributed by atoms with Crippen molar-refractivity contribution in [1.82, 2.24) is 15.0 Å². The number of nitrogens with two attached hydrogens (primary N) is 2. The van der Waals surface area contributed by atoms with Crippen molar-refractivity contribution < 1.29 is 9.18 Å². The van der Waals surface area contributed by atoms with Crippen LogP contribution >= 0.6 is 11.3 Å². The van der Waals surface area contributed by atoms with Crippen molar-refractivity contribution in [2.75, 3.05) is 23.3 Å². The van der Waals surface area contributed by atoms with E-state index in [4.69, 9.17) is 11.7 Å². The zero-order valence-corrected chi connectivity index (χ0v) is 18.7. The van der Waals surface area contributed by atoms with Crippen molar-refractivity contribution in [3.05, 3.63) is 47.4 Å². The zero-order chi connectivity index (χ0) is 22.8. The third-order valence-electron chi connectivity index (χ3n) is 5.23. The standard InChI is InChI=1S/C21H25FN8OS/c1-12(2)30(24)19(28-23)15-6-5-7-18(25-15)27-20(31)13-10-17-16(11-14(13)22)26-21(32-17)29-8-3-4-9-29/h5-7,10-12H,3-4,8-9,23-24H2,1-2H3,(H,25,27,31)/b28-19-. The van der Waals surface area contributed by atoms with Crippen LogP contribution in [0.25, 0.3) is 10.2 Å². The Morgan fingerprint density at radius 2 is 2.03 bits per heavy atom. The van der Waals surface area contributed by atoms with E-state index >= 15 is 0 Å². The molecule has 1 aliphatic rings. The molecule has 1 saturated heterocycles. The molecule has 5 N–H and O–H groups in total. The number of anilines is 2. The van der Waals surface area contributed by atoms with E-state index in [0.717, 1.165) is 35.8 Å². The molecule has 0 bridgehead atoms. The molecule has 0 saturated carbocycles. The van der Waals surface area contributed by atoms with Gasteiger partial charge in [-0.05, 0) is 44.9 Å². The Kier molecular flexibility index (Phi) is 6.19. The lowest BCUT2D eigenvalue weighted by molar-refractivity contribution is 0.102.